The van der Waals surface area contributed by atoms with Crippen LogP contribution in [0.1, 0.15) is 31.2 Å². The summed E-state index contributed by atoms with van der Waals surface area (Å²) in [6.07, 6.45) is -1.81. The van der Waals surface area contributed by atoms with Gasteiger partial charge in [0.15, 0.2) is 0 Å². The van der Waals surface area contributed by atoms with Crippen molar-refractivity contribution in [2.75, 3.05) is 6.54 Å². The van der Waals surface area contributed by atoms with Crippen LogP contribution in [0.2, 0.25) is 0 Å². The lowest BCUT2D eigenvalue weighted by Crippen LogP contribution is -2.40. The summed E-state index contributed by atoms with van der Waals surface area (Å²) in [7, 11) is -3.93. The van der Waals surface area contributed by atoms with Crippen molar-refractivity contribution in [3.8, 4) is 0 Å². The van der Waals surface area contributed by atoms with Crippen LogP contribution < -0.4 is 4.72 Å². The second-order valence-electron chi connectivity index (χ2n) is 5.28. The van der Waals surface area contributed by atoms with Crippen LogP contribution in [0, 0.1) is 0 Å². The number of halogens is 3. The van der Waals surface area contributed by atoms with Crippen molar-refractivity contribution in [3.63, 3.8) is 0 Å². The molecule has 0 heterocycles. The first-order valence-corrected chi connectivity index (χ1v) is 8.00. The Bertz CT molecular complexity index is 590. The molecule has 1 aliphatic rings. The van der Waals surface area contributed by atoms with Gasteiger partial charge in [0.1, 0.15) is 0 Å². The highest BCUT2D eigenvalue weighted by Gasteiger charge is 2.33. The minimum Gasteiger partial charge on any atom is -0.389 e. The molecule has 21 heavy (non-hydrogen) atoms. The standard InChI is InChI=1S/C13H16F3NO3S/c14-13(15,16)10-3-5-11(6-4-10)21(19,20)17-9-12(18)7-1-2-8-12/h3-6,17-18H,1-2,7-9H2. The fourth-order valence-corrected chi connectivity index (χ4v) is 3.47. The predicted octanol–water partition coefficient (Wildman–Crippen LogP) is 2.29. The summed E-state index contributed by atoms with van der Waals surface area (Å²) in [4.78, 5) is -0.253. The van der Waals surface area contributed by atoms with E-state index in [0.717, 1.165) is 37.1 Å². The van der Waals surface area contributed by atoms with Gasteiger partial charge in [0, 0.05) is 6.54 Å². The van der Waals surface area contributed by atoms with Crippen LogP contribution in [0.5, 0.6) is 0 Å². The maximum absolute atomic E-state index is 12.4. The van der Waals surface area contributed by atoms with Gasteiger partial charge in [-0.1, -0.05) is 12.8 Å². The number of benzene rings is 1. The maximum atomic E-state index is 12.4. The summed E-state index contributed by atoms with van der Waals surface area (Å²) in [5.74, 6) is 0. The van der Waals surface area contributed by atoms with E-state index in [1.54, 1.807) is 0 Å². The zero-order chi connectivity index (χ0) is 15.7. The monoisotopic (exact) mass is 323 g/mol. The molecule has 0 saturated heterocycles. The highest BCUT2D eigenvalue weighted by Crippen LogP contribution is 2.30. The molecule has 1 aromatic carbocycles. The van der Waals surface area contributed by atoms with E-state index in [9.17, 15) is 26.7 Å². The molecule has 118 valence electrons. The minimum absolute atomic E-state index is 0.129. The van der Waals surface area contributed by atoms with Gasteiger partial charge >= 0.3 is 6.18 Å². The smallest absolute Gasteiger partial charge is 0.389 e. The van der Waals surface area contributed by atoms with E-state index in [0.29, 0.717) is 12.8 Å². The Morgan fingerprint density at radius 3 is 2.14 bits per heavy atom. The molecular formula is C13H16F3NO3S. The molecule has 1 fully saturated rings. The zero-order valence-electron chi connectivity index (χ0n) is 11.2. The SMILES string of the molecule is O=S(=O)(NCC1(O)CCCC1)c1ccc(C(F)(F)F)cc1. The average molecular weight is 323 g/mol. The summed E-state index contributed by atoms with van der Waals surface area (Å²) in [5.41, 5.74) is -1.96. The highest BCUT2D eigenvalue weighted by molar-refractivity contribution is 7.89. The van der Waals surface area contributed by atoms with Crippen LogP contribution in [0.4, 0.5) is 13.2 Å². The molecular weight excluding hydrogens is 307 g/mol. The van der Waals surface area contributed by atoms with Gasteiger partial charge in [0.05, 0.1) is 16.1 Å². The summed E-state index contributed by atoms with van der Waals surface area (Å²) in [6, 6.07) is 3.26. The molecule has 0 aromatic heterocycles. The summed E-state index contributed by atoms with van der Waals surface area (Å²) < 4.78 is 63.5. The molecule has 1 aromatic rings. The molecule has 0 radical (unpaired) electrons. The Morgan fingerprint density at radius 2 is 1.67 bits per heavy atom. The molecule has 0 atom stereocenters. The molecule has 1 saturated carbocycles. The Labute approximate surface area is 121 Å². The van der Waals surface area contributed by atoms with Crippen LogP contribution in [0.3, 0.4) is 0 Å². The largest absolute Gasteiger partial charge is 0.416 e. The van der Waals surface area contributed by atoms with Crippen LogP contribution in [0.25, 0.3) is 0 Å². The first-order valence-electron chi connectivity index (χ1n) is 6.52. The average Bonchev–Trinajstić information content (AvgIpc) is 2.84. The number of alkyl halides is 3. The molecule has 0 amide bonds. The summed E-state index contributed by atoms with van der Waals surface area (Å²) in [6.45, 7) is -0.129. The molecule has 4 nitrogen and oxygen atoms in total. The van der Waals surface area contributed by atoms with Crippen molar-refractivity contribution in [1.82, 2.24) is 4.72 Å². The second-order valence-corrected chi connectivity index (χ2v) is 7.05. The third-order valence-corrected chi connectivity index (χ3v) is 5.03. The third kappa shape index (κ3) is 3.96. The van der Waals surface area contributed by atoms with Gasteiger partial charge in [0.2, 0.25) is 10.0 Å². The van der Waals surface area contributed by atoms with Crippen molar-refractivity contribution in [2.45, 2.75) is 42.4 Å². The normalized spacial score (nSPS) is 18.9. The van der Waals surface area contributed by atoms with Crippen LogP contribution in [-0.2, 0) is 16.2 Å². The van der Waals surface area contributed by atoms with Crippen molar-refractivity contribution >= 4 is 10.0 Å². The molecule has 0 spiro atoms. The molecule has 2 rings (SSSR count). The maximum Gasteiger partial charge on any atom is 0.416 e. The van der Waals surface area contributed by atoms with Crippen LogP contribution in [0.15, 0.2) is 29.2 Å². The second kappa shape index (κ2) is 5.58. The Morgan fingerprint density at radius 1 is 1.14 bits per heavy atom. The van der Waals surface area contributed by atoms with E-state index < -0.39 is 27.4 Å². The number of nitrogens with one attached hydrogen (secondary N) is 1. The van der Waals surface area contributed by atoms with Gasteiger partial charge in [-0.05, 0) is 37.1 Å². The van der Waals surface area contributed by atoms with E-state index in [2.05, 4.69) is 4.72 Å². The van der Waals surface area contributed by atoms with Crippen molar-refractivity contribution in [2.24, 2.45) is 0 Å². The van der Waals surface area contributed by atoms with Gasteiger partial charge in [-0.3, -0.25) is 0 Å². The predicted molar refractivity (Wildman–Crippen MR) is 70.1 cm³/mol. The summed E-state index contributed by atoms with van der Waals surface area (Å²) >= 11 is 0. The number of sulfonamides is 1. The van der Waals surface area contributed by atoms with E-state index in [-0.39, 0.29) is 11.4 Å². The molecule has 0 aliphatic heterocycles. The molecule has 1 aliphatic carbocycles. The van der Waals surface area contributed by atoms with Crippen LogP contribution in [-0.4, -0.2) is 25.7 Å². The fourth-order valence-electron chi connectivity index (χ4n) is 2.35. The quantitative estimate of drug-likeness (QED) is 0.893. The molecule has 0 unspecified atom stereocenters. The third-order valence-electron chi connectivity index (χ3n) is 3.62. The van der Waals surface area contributed by atoms with Crippen LogP contribution >= 0.6 is 0 Å². The lowest BCUT2D eigenvalue weighted by Gasteiger charge is -2.22. The molecule has 2 N–H and O–H groups in total. The van der Waals surface area contributed by atoms with Gasteiger partial charge in [0.25, 0.3) is 0 Å². The first kappa shape index (κ1) is 16.3. The molecule has 0 bridgehead atoms. The van der Waals surface area contributed by atoms with Gasteiger partial charge in [-0.2, -0.15) is 13.2 Å². The number of hydrogen-bond acceptors (Lipinski definition) is 3. The highest BCUT2D eigenvalue weighted by atomic mass is 32.2. The molecule has 8 heteroatoms. The lowest BCUT2D eigenvalue weighted by molar-refractivity contribution is -0.137. The van der Waals surface area contributed by atoms with E-state index in [4.69, 9.17) is 0 Å². The number of rotatable bonds is 4. The Kier molecular flexibility index (Phi) is 4.32. The Hall–Kier alpha value is -1.12. The topological polar surface area (TPSA) is 66.4 Å². The van der Waals surface area contributed by atoms with E-state index in [1.165, 1.54) is 0 Å². The zero-order valence-corrected chi connectivity index (χ0v) is 12.0. The summed E-state index contributed by atoms with van der Waals surface area (Å²) in [5, 5.41) is 10.1. The van der Waals surface area contributed by atoms with E-state index >= 15 is 0 Å². The number of aliphatic hydroxyl groups is 1. The van der Waals surface area contributed by atoms with Crippen molar-refractivity contribution in [1.29, 1.82) is 0 Å². The van der Waals surface area contributed by atoms with Gasteiger partial charge < -0.3 is 5.11 Å². The fraction of sp³-hybridized carbons (Fsp3) is 0.538. The number of hydrogen-bond donors (Lipinski definition) is 2. The van der Waals surface area contributed by atoms with Crippen molar-refractivity contribution in [3.05, 3.63) is 29.8 Å². The van der Waals surface area contributed by atoms with E-state index in [1.807, 2.05) is 0 Å². The first-order chi connectivity index (χ1) is 9.62. The van der Waals surface area contributed by atoms with Crippen molar-refractivity contribution < 1.29 is 26.7 Å². The Balaban J connectivity index is 2.09. The van der Waals surface area contributed by atoms with Gasteiger partial charge in [-0.25, -0.2) is 13.1 Å². The van der Waals surface area contributed by atoms with Gasteiger partial charge in [-0.15, -0.1) is 0 Å². The lowest BCUT2D eigenvalue weighted by atomic mass is 10.0. The minimum atomic E-state index is -4.51.